The SMILES string of the molecule is CCOC(=O)C1CC2(CNc3ccccc32)C2(CCCCC2)N1. The number of esters is 1. The van der Waals surface area contributed by atoms with Crippen LogP contribution in [0.5, 0.6) is 0 Å². The normalized spacial score (nSPS) is 31.1. The molecule has 1 aromatic rings. The van der Waals surface area contributed by atoms with E-state index in [1.54, 1.807) is 0 Å². The standard InChI is InChI=1S/C19H26N2O2/c1-2-23-17(22)16-12-18(19(21-16)10-6-3-7-11-19)13-20-15-9-5-4-8-14(15)18/h4-5,8-9,16,20-21H,2-3,6-7,10-13H2,1H3. The molecule has 0 amide bonds. The van der Waals surface area contributed by atoms with Gasteiger partial charge in [-0.15, -0.1) is 0 Å². The van der Waals surface area contributed by atoms with Crippen LogP contribution in [-0.2, 0) is 14.9 Å². The molecule has 0 aromatic heterocycles. The first kappa shape index (κ1) is 15.0. The van der Waals surface area contributed by atoms with Crippen LogP contribution in [0, 0.1) is 0 Å². The number of fused-ring (bicyclic) bond motifs is 3. The molecule has 3 aliphatic rings. The Balaban J connectivity index is 1.75. The molecule has 1 saturated heterocycles. The van der Waals surface area contributed by atoms with Crippen molar-refractivity contribution in [2.75, 3.05) is 18.5 Å². The van der Waals surface area contributed by atoms with E-state index in [2.05, 4.69) is 34.9 Å². The molecular formula is C19H26N2O2. The number of benzene rings is 1. The molecule has 2 spiro atoms. The van der Waals surface area contributed by atoms with Crippen molar-refractivity contribution in [1.29, 1.82) is 0 Å². The van der Waals surface area contributed by atoms with Crippen LogP contribution >= 0.6 is 0 Å². The zero-order valence-corrected chi connectivity index (χ0v) is 13.9. The van der Waals surface area contributed by atoms with E-state index in [-0.39, 0.29) is 23.0 Å². The smallest absolute Gasteiger partial charge is 0.323 e. The molecule has 23 heavy (non-hydrogen) atoms. The molecule has 0 bridgehead atoms. The quantitative estimate of drug-likeness (QED) is 0.824. The van der Waals surface area contributed by atoms with Crippen LogP contribution in [0.25, 0.3) is 0 Å². The lowest BCUT2D eigenvalue weighted by Gasteiger charge is -2.46. The first-order chi connectivity index (χ1) is 11.2. The van der Waals surface area contributed by atoms with Crippen molar-refractivity contribution in [3.8, 4) is 0 Å². The molecule has 2 unspecified atom stereocenters. The minimum atomic E-state index is -0.180. The van der Waals surface area contributed by atoms with Crippen molar-refractivity contribution in [3.63, 3.8) is 0 Å². The lowest BCUT2D eigenvalue weighted by Crippen LogP contribution is -2.57. The van der Waals surface area contributed by atoms with Gasteiger partial charge in [-0.1, -0.05) is 37.5 Å². The Bertz CT molecular complexity index is 609. The lowest BCUT2D eigenvalue weighted by molar-refractivity contribution is -0.145. The van der Waals surface area contributed by atoms with Crippen molar-refractivity contribution in [3.05, 3.63) is 29.8 Å². The largest absolute Gasteiger partial charge is 0.465 e. The van der Waals surface area contributed by atoms with Gasteiger partial charge in [0.05, 0.1) is 6.61 Å². The van der Waals surface area contributed by atoms with E-state index in [0.717, 1.165) is 25.8 Å². The van der Waals surface area contributed by atoms with Crippen LogP contribution in [-0.4, -0.2) is 30.7 Å². The summed E-state index contributed by atoms with van der Waals surface area (Å²) >= 11 is 0. The summed E-state index contributed by atoms with van der Waals surface area (Å²) in [6.45, 7) is 3.26. The minimum Gasteiger partial charge on any atom is -0.465 e. The fourth-order valence-electron chi connectivity index (χ4n) is 5.23. The molecule has 4 nitrogen and oxygen atoms in total. The second-order valence-electron chi connectivity index (χ2n) is 7.28. The summed E-state index contributed by atoms with van der Waals surface area (Å²) in [5, 5.41) is 7.35. The summed E-state index contributed by atoms with van der Waals surface area (Å²) in [5.41, 5.74) is 2.67. The maximum absolute atomic E-state index is 12.4. The summed E-state index contributed by atoms with van der Waals surface area (Å²) in [6.07, 6.45) is 6.94. The van der Waals surface area contributed by atoms with E-state index in [0.29, 0.717) is 6.61 Å². The number of rotatable bonds is 2. The highest BCUT2D eigenvalue weighted by molar-refractivity contribution is 5.78. The predicted molar refractivity (Wildman–Crippen MR) is 90.6 cm³/mol. The van der Waals surface area contributed by atoms with E-state index >= 15 is 0 Å². The Labute approximate surface area is 138 Å². The van der Waals surface area contributed by atoms with Gasteiger partial charge in [0.25, 0.3) is 0 Å². The molecule has 4 heteroatoms. The second-order valence-corrected chi connectivity index (χ2v) is 7.28. The number of anilines is 1. The van der Waals surface area contributed by atoms with Gasteiger partial charge < -0.3 is 10.1 Å². The summed E-state index contributed by atoms with van der Waals surface area (Å²) < 4.78 is 5.33. The maximum atomic E-state index is 12.4. The second kappa shape index (κ2) is 5.52. The van der Waals surface area contributed by atoms with Gasteiger partial charge in [-0.25, -0.2) is 0 Å². The third-order valence-electron chi connectivity index (χ3n) is 6.22. The first-order valence-corrected chi connectivity index (χ1v) is 8.98. The molecule has 2 fully saturated rings. The number of carbonyl (C=O) groups is 1. The molecule has 124 valence electrons. The summed E-state index contributed by atoms with van der Waals surface area (Å²) in [7, 11) is 0. The fraction of sp³-hybridized carbons (Fsp3) is 0.632. The van der Waals surface area contributed by atoms with Crippen LogP contribution in [0.15, 0.2) is 24.3 Å². The van der Waals surface area contributed by atoms with E-state index < -0.39 is 0 Å². The van der Waals surface area contributed by atoms with Gasteiger partial charge in [0.1, 0.15) is 6.04 Å². The van der Waals surface area contributed by atoms with Crippen molar-refractivity contribution in [2.24, 2.45) is 0 Å². The molecule has 2 aliphatic heterocycles. The van der Waals surface area contributed by atoms with Crippen molar-refractivity contribution >= 4 is 11.7 Å². The molecule has 4 rings (SSSR count). The third kappa shape index (κ3) is 2.11. The molecule has 1 aromatic carbocycles. The molecule has 1 saturated carbocycles. The fourth-order valence-corrected chi connectivity index (χ4v) is 5.23. The molecular weight excluding hydrogens is 288 g/mol. The van der Waals surface area contributed by atoms with E-state index in [4.69, 9.17) is 4.74 Å². The van der Waals surface area contributed by atoms with E-state index in [9.17, 15) is 4.79 Å². The number of para-hydroxylation sites is 1. The Hall–Kier alpha value is -1.55. The number of hydrogen-bond donors (Lipinski definition) is 2. The van der Waals surface area contributed by atoms with E-state index in [1.807, 2.05) is 6.92 Å². The molecule has 2 atom stereocenters. The van der Waals surface area contributed by atoms with Crippen molar-refractivity contribution in [1.82, 2.24) is 5.32 Å². The number of ether oxygens (including phenoxy) is 1. The summed E-state index contributed by atoms with van der Waals surface area (Å²) in [6, 6.07) is 8.45. The monoisotopic (exact) mass is 314 g/mol. The zero-order chi connectivity index (χ0) is 15.9. The topological polar surface area (TPSA) is 50.4 Å². The van der Waals surface area contributed by atoms with Crippen LogP contribution in [0.2, 0.25) is 0 Å². The molecule has 2 N–H and O–H groups in total. The Morgan fingerprint density at radius 1 is 1.26 bits per heavy atom. The van der Waals surface area contributed by atoms with Gasteiger partial charge in [0, 0.05) is 23.2 Å². The summed E-state index contributed by atoms with van der Waals surface area (Å²) in [5.74, 6) is -0.0845. The highest BCUT2D eigenvalue weighted by Crippen LogP contribution is 2.55. The molecule has 2 heterocycles. The van der Waals surface area contributed by atoms with Gasteiger partial charge in [-0.3, -0.25) is 10.1 Å². The van der Waals surface area contributed by atoms with E-state index in [1.165, 1.54) is 30.5 Å². The minimum absolute atomic E-state index is 0.0153. The van der Waals surface area contributed by atoms with Gasteiger partial charge in [-0.2, -0.15) is 0 Å². The number of hydrogen-bond acceptors (Lipinski definition) is 4. The highest BCUT2D eigenvalue weighted by Gasteiger charge is 2.62. The molecule has 1 aliphatic carbocycles. The Kier molecular flexibility index (Phi) is 3.60. The average molecular weight is 314 g/mol. The maximum Gasteiger partial charge on any atom is 0.323 e. The Morgan fingerprint density at radius 3 is 2.83 bits per heavy atom. The van der Waals surface area contributed by atoms with Crippen molar-refractivity contribution < 1.29 is 9.53 Å². The van der Waals surface area contributed by atoms with Crippen LogP contribution < -0.4 is 10.6 Å². The van der Waals surface area contributed by atoms with Crippen LogP contribution in [0.3, 0.4) is 0 Å². The van der Waals surface area contributed by atoms with Gasteiger partial charge in [0.2, 0.25) is 0 Å². The summed E-state index contributed by atoms with van der Waals surface area (Å²) in [4.78, 5) is 12.4. The number of nitrogens with one attached hydrogen (secondary N) is 2. The average Bonchev–Trinajstić information content (AvgIpc) is 3.10. The predicted octanol–water partition coefficient (Wildman–Crippen LogP) is 2.98. The zero-order valence-electron chi connectivity index (χ0n) is 13.9. The van der Waals surface area contributed by atoms with Gasteiger partial charge in [0.15, 0.2) is 0 Å². The third-order valence-corrected chi connectivity index (χ3v) is 6.22. The van der Waals surface area contributed by atoms with Crippen molar-refractivity contribution in [2.45, 2.75) is 62.4 Å². The van der Waals surface area contributed by atoms with Crippen LogP contribution in [0.1, 0.15) is 51.0 Å². The highest BCUT2D eigenvalue weighted by atomic mass is 16.5. The lowest BCUT2D eigenvalue weighted by atomic mass is 9.61. The molecule has 0 radical (unpaired) electrons. The van der Waals surface area contributed by atoms with Gasteiger partial charge in [-0.05, 0) is 37.8 Å². The Morgan fingerprint density at radius 2 is 2.04 bits per heavy atom. The van der Waals surface area contributed by atoms with Gasteiger partial charge >= 0.3 is 5.97 Å². The number of carbonyl (C=O) groups excluding carboxylic acids is 1. The first-order valence-electron chi connectivity index (χ1n) is 8.98. The van der Waals surface area contributed by atoms with Crippen LogP contribution in [0.4, 0.5) is 5.69 Å².